The average molecular weight is 1130 g/mol. The number of esters is 5. The molecule has 0 amide bonds. The van der Waals surface area contributed by atoms with E-state index in [4.69, 9.17) is 57.3 Å². The van der Waals surface area contributed by atoms with Crippen molar-refractivity contribution in [3.8, 4) is 57.0 Å². The maximum Gasteiger partial charge on any atom is 0.343 e. The van der Waals surface area contributed by atoms with Crippen molar-refractivity contribution in [2.24, 2.45) is 11.8 Å². The standard InChI is InChI=1S/C66H72N2O15/c1-4-60(69)78-37-13-9-7-11-35-75-52-27-25-49(26-28-52)66(73)83-57-20-16-18-51(44-57)64-63(67-58-34-33-56(45-59(58)68-64)77-41-39-74-40-42-80-62(71)6-3)50-17-15-19-55(43-50)81-46-47-21-23-48(24-22-47)65(72)82-54-31-29-53(30-32-54)76-36-12-8-10-14-38-79-61(70)5-2/h4-6,15-20,25-34,43-45,47-48H,1-3,7-14,21-24,35-42,46H2. The number of aromatic nitrogens is 2. The number of benzene rings is 5. The van der Waals surface area contributed by atoms with Crippen LogP contribution in [0.25, 0.3) is 33.5 Å². The van der Waals surface area contributed by atoms with E-state index < -0.39 is 23.9 Å². The first kappa shape index (κ1) is 61.8. The van der Waals surface area contributed by atoms with Crippen LogP contribution in [-0.2, 0) is 38.1 Å². The van der Waals surface area contributed by atoms with Crippen LogP contribution < -0.4 is 28.4 Å². The Morgan fingerprint density at radius 2 is 0.916 bits per heavy atom. The van der Waals surface area contributed by atoms with Gasteiger partial charge in [0.1, 0.15) is 47.7 Å². The van der Waals surface area contributed by atoms with Crippen LogP contribution in [-0.4, -0.2) is 99.3 Å². The fourth-order valence-corrected chi connectivity index (χ4v) is 8.94. The lowest BCUT2D eigenvalue weighted by Crippen LogP contribution is -2.27. The molecule has 0 aliphatic heterocycles. The van der Waals surface area contributed by atoms with Crippen molar-refractivity contribution in [3.05, 3.63) is 159 Å². The lowest BCUT2D eigenvalue weighted by atomic mass is 9.82. The third-order valence-electron chi connectivity index (χ3n) is 13.4. The van der Waals surface area contributed by atoms with Crippen LogP contribution in [0.3, 0.4) is 0 Å². The molecule has 0 radical (unpaired) electrons. The Bertz CT molecular complexity index is 3100. The molecule has 17 heteroatoms. The summed E-state index contributed by atoms with van der Waals surface area (Å²) in [5.41, 5.74) is 4.02. The summed E-state index contributed by atoms with van der Waals surface area (Å²) in [6.07, 6.45) is 13.4. The minimum Gasteiger partial charge on any atom is -0.494 e. The number of unbranched alkanes of at least 4 members (excludes halogenated alkanes) is 6. The molecule has 1 heterocycles. The van der Waals surface area contributed by atoms with Crippen molar-refractivity contribution in [2.75, 3.05) is 59.5 Å². The van der Waals surface area contributed by atoms with E-state index in [9.17, 15) is 24.0 Å². The molecule has 436 valence electrons. The van der Waals surface area contributed by atoms with Gasteiger partial charge in [-0.05, 0) is 168 Å². The third-order valence-corrected chi connectivity index (χ3v) is 13.4. The van der Waals surface area contributed by atoms with Gasteiger partial charge in [0.05, 0.1) is 80.2 Å². The molecule has 17 nitrogen and oxygen atoms in total. The SMILES string of the molecule is C=CC(=O)OCCCCCCOc1ccc(OC(=O)C2CCC(COc3cccc(-c4nc5ccc(OCCOCCOC(=O)C=C)cc5nc4-c4cccc(OC(=O)c5ccc(OCCCCCCOC(=O)C=C)cc5)c4)c3)CC2)cc1. The fraction of sp³-hybridized carbons (Fsp3) is 0.348. The minimum absolute atomic E-state index is 0.100. The van der Waals surface area contributed by atoms with E-state index in [1.165, 1.54) is 0 Å². The monoisotopic (exact) mass is 1130 g/mol. The molecule has 1 aliphatic carbocycles. The predicted molar refractivity (Wildman–Crippen MR) is 313 cm³/mol. The van der Waals surface area contributed by atoms with E-state index in [1.807, 2.05) is 42.5 Å². The largest absolute Gasteiger partial charge is 0.494 e. The van der Waals surface area contributed by atoms with Gasteiger partial charge in [0.15, 0.2) is 0 Å². The predicted octanol–water partition coefficient (Wildman–Crippen LogP) is 12.4. The Kier molecular flexibility index (Phi) is 25.2. The number of carbonyl (C=O) groups is 5. The Balaban J connectivity index is 0.947. The Morgan fingerprint density at radius 1 is 0.434 bits per heavy atom. The summed E-state index contributed by atoms with van der Waals surface area (Å²) < 4.78 is 56.4. The molecule has 6 aromatic rings. The van der Waals surface area contributed by atoms with Gasteiger partial charge in [0, 0.05) is 35.4 Å². The van der Waals surface area contributed by atoms with Crippen molar-refractivity contribution >= 4 is 40.9 Å². The maximum absolute atomic E-state index is 13.5. The summed E-state index contributed by atoms with van der Waals surface area (Å²) in [7, 11) is 0. The molecule has 1 aromatic heterocycles. The number of hydrogen-bond acceptors (Lipinski definition) is 17. The van der Waals surface area contributed by atoms with Crippen molar-refractivity contribution < 1.29 is 71.3 Å². The van der Waals surface area contributed by atoms with Crippen LogP contribution >= 0.6 is 0 Å². The quantitative estimate of drug-likeness (QED) is 0.0119. The first-order valence-corrected chi connectivity index (χ1v) is 28.2. The number of carbonyl (C=O) groups excluding carboxylic acids is 5. The second-order valence-corrected chi connectivity index (χ2v) is 19.6. The van der Waals surface area contributed by atoms with Crippen LogP contribution in [0.15, 0.2) is 153 Å². The van der Waals surface area contributed by atoms with Gasteiger partial charge >= 0.3 is 29.8 Å². The Hall–Kier alpha value is -8.83. The highest BCUT2D eigenvalue weighted by Gasteiger charge is 2.28. The molecule has 1 fully saturated rings. The van der Waals surface area contributed by atoms with Crippen LogP contribution in [0, 0.1) is 11.8 Å². The molecule has 1 saturated carbocycles. The highest BCUT2D eigenvalue weighted by molar-refractivity contribution is 5.92. The van der Waals surface area contributed by atoms with E-state index in [2.05, 4.69) is 19.7 Å². The fourth-order valence-electron chi connectivity index (χ4n) is 8.94. The highest BCUT2D eigenvalue weighted by Crippen LogP contribution is 2.36. The van der Waals surface area contributed by atoms with E-state index in [1.54, 1.807) is 72.8 Å². The summed E-state index contributed by atoms with van der Waals surface area (Å²) in [6, 6.07) is 34.2. The number of rotatable bonds is 35. The van der Waals surface area contributed by atoms with Crippen molar-refractivity contribution in [1.82, 2.24) is 9.97 Å². The van der Waals surface area contributed by atoms with Gasteiger partial charge < -0.3 is 47.4 Å². The van der Waals surface area contributed by atoms with Gasteiger partial charge in [0.2, 0.25) is 0 Å². The summed E-state index contributed by atoms with van der Waals surface area (Å²) in [4.78, 5) is 70.7. The van der Waals surface area contributed by atoms with Gasteiger partial charge in [-0.2, -0.15) is 0 Å². The molecule has 0 unspecified atom stereocenters. The molecule has 7 rings (SSSR count). The zero-order valence-corrected chi connectivity index (χ0v) is 46.8. The summed E-state index contributed by atoms with van der Waals surface area (Å²) >= 11 is 0. The lowest BCUT2D eigenvalue weighted by Gasteiger charge is -2.27. The number of fused-ring (bicyclic) bond motifs is 1. The van der Waals surface area contributed by atoms with Crippen molar-refractivity contribution in [1.29, 1.82) is 0 Å². The van der Waals surface area contributed by atoms with Crippen LogP contribution in [0.1, 0.15) is 87.4 Å². The zero-order valence-electron chi connectivity index (χ0n) is 46.8. The van der Waals surface area contributed by atoms with Gasteiger partial charge in [0.25, 0.3) is 0 Å². The van der Waals surface area contributed by atoms with E-state index in [-0.39, 0.29) is 44.2 Å². The molecule has 0 atom stereocenters. The topological polar surface area (TPSA) is 203 Å². The lowest BCUT2D eigenvalue weighted by molar-refractivity contribution is -0.141. The van der Waals surface area contributed by atoms with Gasteiger partial charge in [-0.3, -0.25) is 4.79 Å². The second kappa shape index (κ2) is 33.8. The van der Waals surface area contributed by atoms with Crippen LogP contribution in [0.2, 0.25) is 0 Å². The molecular formula is C66H72N2O15. The molecule has 0 spiro atoms. The summed E-state index contributed by atoms with van der Waals surface area (Å²) in [6.45, 7) is 13.3. The highest BCUT2D eigenvalue weighted by atomic mass is 16.6. The number of hydrogen-bond donors (Lipinski definition) is 0. The van der Waals surface area contributed by atoms with Crippen LogP contribution in [0.5, 0.6) is 34.5 Å². The van der Waals surface area contributed by atoms with Gasteiger partial charge in [-0.15, -0.1) is 0 Å². The van der Waals surface area contributed by atoms with Gasteiger partial charge in [-0.25, -0.2) is 29.1 Å². The van der Waals surface area contributed by atoms with E-state index in [0.717, 1.165) is 88.0 Å². The Morgan fingerprint density at radius 3 is 1.52 bits per heavy atom. The summed E-state index contributed by atoms with van der Waals surface area (Å²) in [5.74, 6) is 1.21. The van der Waals surface area contributed by atoms with E-state index >= 15 is 0 Å². The molecule has 83 heavy (non-hydrogen) atoms. The normalized spacial score (nSPS) is 13.6. The second-order valence-electron chi connectivity index (χ2n) is 19.6. The Labute approximate surface area is 484 Å². The molecular weight excluding hydrogens is 1060 g/mol. The first-order chi connectivity index (χ1) is 40.6. The van der Waals surface area contributed by atoms with Crippen molar-refractivity contribution in [2.45, 2.75) is 77.0 Å². The number of nitrogens with zero attached hydrogens (tertiary/aromatic N) is 2. The molecule has 5 aromatic carbocycles. The van der Waals surface area contributed by atoms with Crippen molar-refractivity contribution in [3.63, 3.8) is 0 Å². The first-order valence-electron chi connectivity index (χ1n) is 28.2. The van der Waals surface area contributed by atoms with Gasteiger partial charge in [-0.1, -0.05) is 44.0 Å². The molecule has 0 N–H and O–H groups in total. The maximum atomic E-state index is 13.5. The van der Waals surface area contributed by atoms with Crippen LogP contribution in [0.4, 0.5) is 0 Å². The third kappa shape index (κ3) is 20.9. The zero-order chi connectivity index (χ0) is 58.4. The smallest absolute Gasteiger partial charge is 0.343 e. The summed E-state index contributed by atoms with van der Waals surface area (Å²) in [5, 5.41) is 0. The molecule has 0 saturated heterocycles. The van der Waals surface area contributed by atoms with E-state index in [0.29, 0.717) is 114 Å². The molecule has 1 aliphatic rings. The molecule has 0 bridgehead atoms. The minimum atomic E-state index is -0.547. The average Bonchev–Trinajstić information content (AvgIpc) is 3.61. The number of ether oxygens (including phenoxy) is 10.